The lowest BCUT2D eigenvalue weighted by molar-refractivity contribution is -0.384. The monoisotopic (exact) mass is 302 g/mol. The molecule has 7 heteroatoms. The Morgan fingerprint density at radius 2 is 1.86 bits per heavy atom. The molecule has 0 saturated carbocycles. The molecule has 2 aromatic carbocycles. The van der Waals surface area contributed by atoms with Crippen molar-refractivity contribution in [2.75, 3.05) is 0 Å². The van der Waals surface area contributed by atoms with Crippen LogP contribution in [-0.4, -0.2) is 21.0 Å². The molecule has 3 N–H and O–H groups in total. The number of amides is 1. The molecule has 2 aromatic rings. The number of carbonyl (C=O) groups excluding carboxylic acids is 1. The summed E-state index contributed by atoms with van der Waals surface area (Å²) in [5.74, 6) is -0.849. The van der Waals surface area contributed by atoms with E-state index in [1.165, 1.54) is 30.3 Å². The number of nitro groups is 1. The van der Waals surface area contributed by atoms with Gasteiger partial charge in [0.25, 0.3) is 11.6 Å². The highest BCUT2D eigenvalue weighted by atomic mass is 16.6. The van der Waals surface area contributed by atoms with Crippen molar-refractivity contribution in [3.05, 3.63) is 63.2 Å². The molecule has 0 aliphatic carbocycles. The predicted molar refractivity (Wildman–Crippen MR) is 78.8 cm³/mol. The molecule has 7 nitrogen and oxygen atoms in total. The van der Waals surface area contributed by atoms with E-state index in [1.807, 2.05) is 0 Å². The number of aromatic hydroxyl groups is 2. The van der Waals surface area contributed by atoms with E-state index < -0.39 is 10.8 Å². The number of carbonyl (C=O) groups is 1. The third-order valence-electron chi connectivity index (χ3n) is 3.11. The van der Waals surface area contributed by atoms with Gasteiger partial charge in [-0.05, 0) is 25.1 Å². The summed E-state index contributed by atoms with van der Waals surface area (Å²) in [6.07, 6.45) is 0. The number of phenolic OH excluding ortho intramolecular Hbond substituents is 2. The Morgan fingerprint density at radius 3 is 2.55 bits per heavy atom. The van der Waals surface area contributed by atoms with Gasteiger partial charge in [0.2, 0.25) is 0 Å². The number of nitro benzene ring substituents is 1. The minimum atomic E-state index is -0.586. The fourth-order valence-electron chi connectivity index (χ4n) is 1.93. The zero-order valence-electron chi connectivity index (χ0n) is 11.7. The van der Waals surface area contributed by atoms with E-state index in [4.69, 9.17) is 0 Å². The second-order valence-corrected chi connectivity index (χ2v) is 4.77. The maximum Gasteiger partial charge on any atom is 0.270 e. The third-order valence-corrected chi connectivity index (χ3v) is 3.11. The van der Waals surface area contributed by atoms with Crippen LogP contribution in [0.5, 0.6) is 11.5 Å². The van der Waals surface area contributed by atoms with Gasteiger partial charge in [-0.3, -0.25) is 14.9 Å². The number of nitrogens with one attached hydrogen (secondary N) is 1. The van der Waals surface area contributed by atoms with E-state index in [0.29, 0.717) is 0 Å². The first kappa shape index (κ1) is 15.3. The summed E-state index contributed by atoms with van der Waals surface area (Å²) >= 11 is 0. The van der Waals surface area contributed by atoms with Gasteiger partial charge in [0.1, 0.15) is 11.5 Å². The number of nitrogens with zero attached hydrogens (tertiary/aromatic N) is 1. The molecule has 0 atom stereocenters. The number of hydrogen-bond acceptors (Lipinski definition) is 5. The van der Waals surface area contributed by atoms with Crippen LogP contribution < -0.4 is 5.32 Å². The molecule has 1 amide bonds. The summed E-state index contributed by atoms with van der Waals surface area (Å²) < 4.78 is 0. The van der Waals surface area contributed by atoms with Gasteiger partial charge in [0.05, 0.1) is 10.5 Å². The first-order valence-electron chi connectivity index (χ1n) is 6.42. The minimum Gasteiger partial charge on any atom is -0.508 e. The van der Waals surface area contributed by atoms with Crippen molar-refractivity contribution < 1.29 is 19.9 Å². The first-order valence-corrected chi connectivity index (χ1v) is 6.42. The van der Waals surface area contributed by atoms with Gasteiger partial charge in [0, 0.05) is 24.2 Å². The largest absolute Gasteiger partial charge is 0.508 e. The van der Waals surface area contributed by atoms with Gasteiger partial charge < -0.3 is 15.5 Å². The fourth-order valence-corrected chi connectivity index (χ4v) is 1.93. The Morgan fingerprint density at radius 1 is 1.18 bits per heavy atom. The van der Waals surface area contributed by atoms with Gasteiger partial charge in [-0.2, -0.15) is 0 Å². The molecule has 2 rings (SSSR count). The van der Waals surface area contributed by atoms with Gasteiger partial charge in [0.15, 0.2) is 0 Å². The Kier molecular flexibility index (Phi) is 4.26. The molecule has 0 spiro atoms. The van der Waals surface area contributed by atoms with Crippen molar-refractivity contribution in [3.8, 4) is 11.5 Å². The highest BCUT2D eigenvalue weighted by molar-refractivity contribution is 5.96. The van der Waals surface area contributed by atoms with Gasteiger partial charge in [-0.25, -0.2) is 0 Å². The number of benzene rings is 2. The number of hydrogen-bond donors (Lipinski definition) is 3. The Labute approximate surface area is 126 Å². The van der Waals surface area contributed by atoms with E-state index in [-0.39, 0.29) is 34.9 Å². The Balaban J connectivity index is 2.16. The lowest BCUT2D eigenvalue weighted by atomic mass is 10.1. The quantitative estimate of drug-likeness (QED) is 0.592. The Bertz CT molecular complexity index is 743. The average molecular weight is 302 g/mol. The molecule has 0 heterocycles. The maximum atomic E-state index is 12.0. The summed E-state index contributed by atoms with van der Waals surface area (Å²) in [6, 6.07) is 8.16. The van der Waals surface area contributed by atoms with Gasteiger partial charge >= 0.3 is 0 Å². The molecular weight excluding hydrogens is 288 g/mol. The van der Waals surface area contributed by atoms with Crippen LogP contribution in [0.4, 0.5) is 5.69 Å². The molecule has 0 fully saturated rings. The van der Waals surface area contributed by atoms with E-state index in [0.717, 1.165) is 5.56 Å². The van der Waals surface area contributed by atoms with Crippen molar-refractivity contribution >= 4 is 11.6 Å². The normalized spacial score (nSPS) is 10.2. The molecule has 0 aromatic heterocycles. The SMILES string of the molecule is Cc1ccc(O)c(C(=O)NCc2cc([N+](=O)[O-])ccc2O)c1. The summed E-state index contributed by atoms with van der Waals surface area (Å²) in [5, 5.41) is 32.6. The van der Waals surface area contributed by atoms with Gasteiger partial charge in [-0.15, -0.1) is 0 Å². The number of phenols is 2. The van der Waals surface area contributed by atoms with Crippen LogP contribution in [0.1, 0.15) is 21.5 Å². The third kappa shape index (κ3) is 3.32. The lowest BCUT2D eigenvalue weighted by Crippen LogP contribution is -2.23. The van der Waals surface area contributed by atoms with E-state index in [9.17, 15) is 25.1 Å². The molecule has 0 radical (unpaired) electrons. The van der Waals surface area contributed by atoms with Crippen LogP contribution in [0.2, 0.25) is 0 Å². The molecule has 114 valence electrons. The predicted octanol–water partition coefficient (Wildman–Crippen LogP) is 2.24. The molecule has 0 saturated heterocycles. The summed E-state index contributed by atoms with van der Waals surface area (Å²) in [4.78, 5) is 22.2. The van der Waals surface area contributed by atoms with Crippen molar-refractivity contribution in [1.29, 1.82) is 0 Å². The zero-order valence-corrected chi connectivity index (χ0v) is 11.7. The zero-order chi connectivity index (χ0) is 16.3. The molecule has 0 bridgehead atoms. The van der Waals surface area contributed by atoms with Gasteiger partial charge in [-0.1, -0.05) is 11.6 Å². The van der Waals surface area contributed by atoms with Crippen LogP contribution >= 0.6 is 0 Å². The van der Waals surface area contributed by atoms with Crippen LogP contribution in [0.15, 0.2) is 36.4 Å². The Hall–Kier alpha value is -3.09. The van der Waals surface area contributed by atoms with Crippen LogP contribution in [0.25, 0.3) is 0 Å². The van der Waals surface area contributed by atoms with E-state index >= 15 is 0 Å². The molecular formula is C15H14N2O5. The highest BCUT2D eigenvalue weighted by Gasteiger charge is 2.14. The fraction of sp³-hybridized carbons (Fsp3) is 0.133. The number of rotatable bonds is 4. The number of aryl methyl sites for hydroxylation is 1. The summed E-state index contributed by atoms with van der Waals surface area (Å²) in [7, 11) is 0. The van der Waals surface area contributed by atoms with E-state index in [1.54, 1.807) is 13.0 Å². The lowest BCUT2D eigenvalue weighted by Gasteiger charge is -2.09. The topological polar surface area (TPSA) is 113 Å². The molecule has 0 unspecified atom stereocenters. The standard InChI is InChI=1S/C15H14N2O5/c1-9-2-4-14(19)12(6-9)15(20)16-8-10-7-11(17(21)22)3-5-13(10)18/h2-7,18-19H,8H2,1H3,(H,16,20). The van der Waals surface area contributed by atoms with Crippen LogP contribution in [-0.2, 0) is 6.54 Å². The molecule has 0 aliphatic rings. The second-order valence-electron chi connectivity index (χ2n) is 4.77. The van der Waals surface area contributed by atoms with Crippen molar-refractivity contribution in [3.63, 3.8) is 0 Å². The average Bonchev–Trinajstić information content (AvgIpc) is 2.48. The first-order chi connectivity index (χ1) is 10.4. The summed E-state index contributed by atoms with van der Waals surface area (Å²) in [6.45, 7) is 1.68. The van der Waals surface area contributed by atoms with Crippen molar-refractivity contribution in [2.45, 2.75) is 13.5 Å². The smallest absolute Gasteiger partial charge is 0.270 e. The minimum absolute atomic E-state index is 0.0975. The van der Waals surface area contributed by atoms with Crippen molar-refractivity contribution in [1.82, 2.24) is 5.32 Å². The van der Waals surface area contributed by atoms with Crippen LogP contribution in [0.3, 0.4) is 0 Å². The highest BCUT2D eigenvalue weighted by Crippen LogP contribution is 2.23. The molecule has 22 heavy (non-hydrogen) atoms. The number of non-ortho nitro benzene ring substituents is 1. The molecule has 0 aliphatic heterocycles. The van der Waals surface area contributed by atoms with E-state index in [2.05, 4.69) is 5.32 Å². The maximum absolute atomic E-state index is 12.0. The van der Waals surface area contributed by atoms with Crippen LogP contribution in [0, 0.1) is 17.0 Å². The summed E-state index contributed by atoms with van der Waals surface area (Å²) in [5.41, 5.74) is 0.946. The van der Waals surface area contributed by atoms with Crippen molar-refractivity contribution in [2.24, 2.45) is 0 Å². The second kappa shape index (κ2) is 6.13.